The van der Waals surface area contributed by atoms with E-state index in [4.69, 9.17) is 0 Å². The highest BCUT2D eigenvalue weighted by Crippen LogP contribution is 2.35. The number of hydrogen-bond acceptors (Lipinski definition) is 2. The van der Waals surface area contributed by atoms with E-state index in [0.29, 0.717) is 0 Å². The van der Waals surface area contributed by atoms with E-state index in [0.717, 1.165) is 17.8 Å². The van der Waals surface area contributed by atoms with E-state index in [2.05, 4.69) is 79.1 Å². The third-order valence-electron chi connectivity index (χ3n) is 7.12. The molecular formula is C29H42N2. The van der Waals surface area contributed by atoms with E-state index in [1.165, 1.54) is 93.6 Å². The molecule has 2 heteroatoms. The van der Waals surface area contributed by atoms with Gasteiger partial charge in [-0.25, -0.2) is 0 Å². The molecule has 2 fully saturated rings. The number of hydrogen-bond donors (Lipinski definition) is 0. The maximum atomic E-state index is 2.65. The SMILES string of the molecule is CCCCN(CC1CC1)c1cccc(-c2cccc(N(CC(C)CC)CC3CC3)c2)c1. The van der Waals surface area contributed by atoms with E-state index in [9.17, 15) is 0 Å². The maximum absolute atomic E-state index is 2.65. The Labute approximate surface area is 190 Å². The largest absolute Gasteiger partial charge is 0.371 e. The second-order valence-corrected chi connectivity index (χ2v) is 10.2. The number of anilines is 2. The zero-order valence-corrected chi connectivity index (χ0v) is 20.0. The summed E-state index contributed by atoms with van der Waals surface area (Å²) in [7, 11) is 0. The summed E-state index contributed by atoms with van der Waals surface area (Å²) in [5.41, 5.74) is 5.51. The first kappa shape index (κ1) is 22.2. The number of benzene rings is 2. The predicted molar refractivity (Wildman–Crippen MR) is 136 cm³/mol. The van der Waals surface area contributed by atoms with Crippen molar-refractivity contribution in [1.29, 1.82) is 0 Å². The van der Waals surface area contributed by atoms with Gasteiger partial charge in [-0.3, -0.25) is 0 Å². The van der Waals surface area contributed by atoms with Gasteiger partial charge >= 0.3 is 0 Å². The Hall–Kier alpha value is -1.96. The third-order valence-corrected chi connectivity index (χ3v) is 7.12. The van der Waals surface area contributed by atoms with Crippen LogP contribution in [-0.4, -0.2) is 26.2 Å². The topological polar surface area (TPSA) is 6.48 Å². The molecule has 4 rings (SSSR count). The molecule has 0 aliphatic heterocycles. The van der Waals surface area contributed by atoms with Crippen LogP contribution in [0.5, 0.6) is 0 Å². The molecule has 168 valence electrons. The van der Waals surface area contributed by atoms with Crippen molar-refractivity contribution in [3.8, 4) is 11.1 Å². The highest BCUT2D eigenvalue weighted by molar-refractivity contribution is 5.72. The van der Waals surface area contributed by atoms with Gasteiger partial charge in [0.25, 0.3) is 0 Å². The Bertz CT molecular complexity index is 821. The normalized spacial score (nSPS) is 16.9. The van der Waals surface area contributed by atoms with Crippen LogP contribution < -0.4 is 9.80 Å². The fourth-order valence-electron chi connectivity index (χ4n) is 4.45. The van der Waals surface area contributed by atoms with Gasteiger partial charge in [-0.1, -0.05) is 57.9 Å². The van der Waals surface area contributed by atoms with Crippen LogP contribution in [-0.2, 0) is 0 Å². The van der Waals surface area contributed by atoms with Crippen molar-refractivity contribution in [3.63, 3.8) is 0 Å². The molecule has 0 spiro atoms. The highest BCUT2D eigenvalue weighted by atomic mass is 15.1. The van der Waals surface area contributed by atoms with Crippen LogP contribution in [0.4, 0.5) is 11.4 Å². The van der Waals surface area contributed by atoms with E-state index in [1.54, 1.807) is 0 Å². The van der Waals surface area contributed by atoms with Crippen molar-refractivity contribution in [3.05, 3.63) is 48.5 Å². The Morgan fingerprint density at radius 1 is 0.806 bits per heavy atom. The summed E-state index contributed by atoms with van der Waals surface area (Å²) in [5.74, 6) is 2.56. The first-order valence-electron chi connectivity index (χ1n) is 12.9. The first-order valence-corrected chi connectivity index (χ1v) is 12.9. The Morgan fingerprint density at radius 3 is 1.87 bits per heavy atom. The lowest BCUT2D eigenvalue weighted by molar-refractivity contribution is 0.535. The molecule has 2 aromatic carbocycles. The molecule has 2 nitrogen and oxygen atoms in total. The Morgan fingerprint density at radius 2 is 1.35 bits per heavy atom. The average molecular weight is 419 g/mol. The lowest BCUT2D eigenvalue weighted by atomic mass is 10.0. The molecule has 0 N–H and O–H groups in total. The monoisotopic (exact) mass is 418 g/mol. The van der Waals surface area contributed by atoms with Crippen LogP contribution in [0.3, 0.4) is 0 Å². The highest BCUT2D eigenvalue weighted by Gasteiger charge is 2.26. The molecule has 2 aromatic rings. The van der Waals surface area contributed by atoms with Crippen molar-refractivity contribution < 1.29 is 0 Å². The van der Waals surface area contributed by atoms with Crippen LogP contribution in [0.1, 0.15) is 65.7 Å². The van der Waals surface area contributed by atoms with Gasteiger partial charge < -0.3 is 9.80 Å². The molecule has 0 radical (unpaired) electrons. The Kier molecular flexibility index (Phi) is 7.58. The quantitative estimate of drug-likeness (QED) is 0.330. The molecule has 0 amide bonds. The molecule has 0 saturated heterocycles. The molecule has 2 aliphatic rings. The minimum absolute atomic E-state index is 0.736. The zero-order chi connectivity index (χ0) is 21.6. The number of unbranched alkanes of at least 4 members (excludes halogenated alkanes) is 1. The molecule has 2 aliphatic carbocycles. The minimum atomic E-state index is 0.736. The lowest BCUT2D eigenvalue weighted by Gasteiger charge is -2.28. The van der Waals surface area contributed by atoms with E-state index >= 15 is 0 Å². The second kappa shape index (κ2) is 10.6. The van der Waals surface area contributed by atoms with Crippen molar-refractivity contribution in [2.24, 2.45) is 17.8 Å². The molecule has 0 heterocycles. The van der Waals surface area contributed by atoms with Gasteiger partial charge in [0.15, 0.2) is 0 Å². The van der Waals surface area contributed by atoms with E-state index < -0.39 is 0 Å². The van der Waals surface area contributed by atoms with Crippen molar-refractivity contribution in [2.45, 2.75) is 65.7 Å². The summed E-state index contributed by atoms with van der Waals surface area (Å²) in [5, 5.41) is 0. The van der Waals surface area contributed by atoms with Gasteiger partial charge in [-0.15, -0.1) is 0 Å². The van der Waals surface area contributed by atoms with Gasteiger partial charge in [0.2, 0.25) is 0 Å². The summed E-state index contributed by atoms with van der Waals surface area (Å²) >= 11 is 0. The molecule has 31 heavy (non-hydrogen) atoms. The average Bonchev–Trinajstić information content (AvgIpc) is 3.73. The smallest absolute Gasteiger partial charge is 0.0372 e. The Balaban J connectivity index is 1.55. The zero-order valence-electron chi connectivity index (χ0n) is 20.0. The van der Waals surface area contributed by atoms with Crippen molar-refractivity contribution in [1.82, 2.24) is 0 Å². The van der Waals surface area contributed by atoms with Crippen molar-refractivity contribution >= 4 is 11.4 Å². The molecule has 0 aromatic heterocycles. The molecular weight excluding hydrogens is 376 g/mol. The van der Waals surface area contributed by atoms with Crippen molar-refractivity contribution in [2.75, 3.05) is 36.0 Å². The molecule has 1 unspecified atom stereocenters. The summed E-state index contributed by atoms with van der Waals surface area (Å²) < 4.78 is 0. The third kappa shape index (κ3) is 6.51. The first-order chi connectivity index (χ1) is 15.2. The van der Waals surface area contributed by atoms with Gasteiger partial charge in [0.1, 0.15) is 0 Å². The molecule has 0 bridgehead atoms. The van der Waals surface area contributed by atoms with Gasteiger partial charge in [-0.05, 0) is 85.3 Å². The van der Waals surface area contributed by atoms with Gasteiger partial charge in [-0.2, -0.15) is 0 Å². The summed E-state index contributed by atoms with van der Waals surface area (Å²) in [6.07, 6.45) is 9.43. The second-order valence-electron chi connectivity index (χ2n) is 10.2. The fourth-order valence-corrected chi connectivity index (χ4v) is 4.45. The lowest BCUT2D eigenvalue weighted by Crippen LogP contribution is -2.30. The summed E-state index contributed by atoms with van der Waals surface area (Å²) in [4.78, 5) is 5.29. The molecule has 2 saturated carbocycles. The van der Waals surface area contributed by atoms with Crippen LogP contribution in [0.15, 0.2) is 48.5 Å². The van der Waals surface area contributed by atoms with Gasteiger partial charge in [0.05, 0.1) is 0 Å². The predicted octanol–water partition coefficient (Wildman–Crippen LogP) is 7.63. The van der Waals surface area contributed by atoms with Crippen LogP contribution in [0.2, 0.25) is 0 Å². The number of rotatable bonds is 13. The molecule has 1 atom stereocenters. The summed E-state index contributed by atoms with van der Waals surface area (Å²) in [6, 6.07) is 18.6. The minimum Gasteiger partial charge on any atom is -0.371 e. The van der Waals surface area contributed by atoms with E-state index in [1.807, 2.05) is 0 Å². The van der Waals surface area contributed by atoms with Crippen LogP contribution in [0, 0.1) is 17.8 Å². The van der Waals surface area contributed by atoms with Crippen LogP contribution in [0.25, 0.3) is 11.1 Å². The maximum Gasteiger partial charge on any atom is 0.0372 e. The number of nitrogens with zero attached hydrogens (tertiary/aromatic N) is 2. The standard InChI is InChI=1S/C29H42N2/c1-4-6-17-30(21-24-13-14-24)28-11-7-9-26(18-28)27-10-8-12-29(19-27)31(20-23(3)5-2)22-25-15-16-25/h7-12,18-19,23-25H,4-6,13-17,20-22H2,1-3H3. The van der Waals surface area contributed by atoms with E-state index in [-0.39, 0.29) is 0 Å². The summed E-state index contributed by atoms with van der Waals surface area (Å²) in [6.45, 7) is 11.8. The van der Waals surface area contributed by atoms with Crippen LogP contribution >= 0.6 is 0 Å². The fraction of sp³-hybridized carbons (Fsp3) is 0.586. The van der Waals surface area contributed by atoms with Gasteiger partial charge in [0, 0.05) is 37.6 Å².